The van der Waals surface area contributed by atoms with Crippen molar-refractivity contribution < 1.29 is 17.9 Å². The molecule has 2 aliphatic rings. The summed E-state index contributed by atoms with van der Waals surface area (Å²) in [5.74, 6) is -0.126. The second-order valence-electron chi connectivity index (χ2n) is 7.48. The van der Waals surface area contributed by atoms with Gasteiger partial charge in [-0.15, -0.1) is 0 Å². The number of likely N-dealkylation sites (tertiary alicyclic amines) is 1. The predicted octanol–water partition coefficient (Wildman–Crippen LogP) is 0.827. The summed E-state index contributed by atoms with van der Waals surface area (Å²) in [6, 6.07) is 4.80. The number of amides is 1. The van der Waals surface area contributed by atoms with E-state index in [0.717, 1.165) is 12.0 Å². The van der Waals surface area contributed by atoms with Crippen molar-refractivity contribution in [3.63, 3.8) is 0 Å². The van der Waals surface area contributed by atoms with E-state index in [2.05, 4.69) is 6.92 Å². The monoisotopic (exact) mass is 381 g/mol. The largest absolute Gasteiger partial charge is 0.379 e. The predicted molar refractivity (Wildman–Crippen MR) is 98.4 cm³/mol. The zero-order valence-corrected chi connectivity index (χ0v) is 16.2. The van der Waals surface area contributed by atoms with Gasteiger partial charge in [0.25, 0.3) is 5.91 Å². The molecule has 0 aromatic heterocycles. The van der Waals surface area contributed by atoms with Gasteiger partial charge in [0.1, 0.15) is 0 Å². The van der Waals surface area contributed by atoms with Crippen molar-refractivity contribution in [3.8, 4) is 0 Å². The molecule has 2 N–H and O–H groups in total. The Morgan fingerprint density at radius 3 is 2.58 bits per heavy atom. The number of aryl methyl sites for hydroxylation is 1. The zero-order chi connectivity index (χ0) is 18.9. The van der Waals surface area contributed by atoms with Crippen molar-refractivity contribution in [2.24, 2.45) is 11.1 Å². The van der Waals surface area contributed by atoms with Crippen LogP contribution in [0, 0.1) is 12.3 Å². The number of ether oxygens (including phenoxy) is 1. The highest BCUT2D eigenvalue weighted by atomic mass is 32.2. The molecule has 2 fully saturated rings. The minimum absolute atomic E-state index is 0.0684. The molecular weight excluding hydrogens is 354 g/mol. The number of nitrogens with zero attached hydrogens (tertiary/aromatic N) is 2. The molecule has 3 rings (SSSR count). The first-order valence-electron chi connectivity index (χ1n) is 8.95. The van der Waals surface area contributed by atoms with E-state index in [9.17, 15) is 13.2 Å². The first-order chi connectivity index (χ1) is 12.3. The summed E-state index contributed by atoms with van der Waals surface area (Å²) < 4.78 is 32.4. The van der Waals surface area contributed by atoms with E-state index >= 15 is 0 Å². The fourth-order valence-electron chi connectivity index (χ4n) is 3.46. The highest BCUT2D eigenvalue weighted by molar-refractivity contribution is 7.89. The maximum Gasteiger partial charge on any atom is 0.254 e. The Morgan fingerprint density at radius 2 is 1.96 bits per heavy atom. The van der Waals surface area contributed by atoms with Crippen LogP contribution in [0.1, 0.15) is 29.3 Å². The first-order valence-corrected chi connectivity index (χ1v) is 10.4. The standard InChI is InChI=1S/C18H27N3O4S/c1-14-3-4-15(26(23,24)21-7-9-25-10-8-21)11-16(14)17(22)20-6-5-18(2,12-19)13-20/h3-4,11H,5-10,12-13,19H2,1-2H3. The van der Waals surface area contributed by atoms with E-state index in [0.29, 0.717) is 51.5 Å². The molecule has 2 heterocycles. The second-order valence-corrected chi connectivity index (χ2v) is 9.42. The Balaban J connectivity index is 1.87. The summed E-state index contributed by atoms with van der Waals surface area (Å²) in [6.45, 7) is 7.13. The molecule has 2 saturated heterocycles. The van der Waals surface area contributed by atoms with Gasteiger partial charge in [0, 0.05) is 31.7 Å². The third-order valence-electron chi connectivity index (χ3n) is 5.39. The zero-order valence-electron chi connectivity index (χ0n) is 15.4. The number of carbonyl (C=O) groups excluding carboxylic acids is 1. The summed E-state index contributed by atoms with van der Waals surface area (Å²) in [7, 11) is -3.62. The molecule has 0 bridgehead atoms. The van der Waals surface area contributed by atoms with E-state index < -0.39 is 10.0 Å². The van der Waals surface area contributed by atoms with Crippen LogP contribution < -0.4 is 5.73 Å². The van der Waals surface area contributed by atoms with Gasteiger partial charge < -0.3 is 15.4 Å². The molecule has 2 aliphatic heterocycles. The SMILES string of the molecule is Cc1ccc(S(=O)(=O)N2CCOCC2)cc1C(=O)N1CCC(C)(CN)C1. The quantitative estimate of drug-likeness (QED) is 0.834. The number of benzene rings is 1. The van der Waals surface area contributed by atoms with Crippen LogP contribution >= 0.6 is 0 Å². The molecule has 0 saturated carbocycles. The van der Waals surface area contributed by atoms with Gasteiger partial charge >= 0.3 is 0 Å². The van der Waals surface area contributed by atoms with E-state index in [1.807, 2.05) is 6.92 Å². The van der Waals surface area contributed by atoms with E-state index in [1.165, 1.54) is 10.4 Å². The van der Waals surface area contributed by atoms with Crippen LogP contribution in [0.15, 0.2) is 23.1 Å². The molecular formula is C18H27N3O4S. The maximum atomic E-state index is 13.0. The lowest BCUT2D eigenvalue weighted by molar-refractivity contribution is 0.0730. The molecule has 0 aliphatic carbocycles. The number of nitrogens with two attached hydrogens (primary N) is 1. The van der Waals surface area contributed by atoms with Gasteiger partial charge in [-0.25, -0.2) is 8.42 Å². The molecule has 26 heavy (non-hydrogen) atoms. The lowest BCUT2D eigenvalue weighted by Gasteiger charge is -2.26. The molecule has 1 unspecified atom stereocenters. The summed E-state index contributed by atoms with van der Waals surface area (Å²) >= 11 is 0. The Labute approximate surface area is 155 Å². The molecule has 1 atom stereocenters. The van der Waals surface area contributed by atoms with Crippen molar-refractivity contribution in [2.45, 2.75) is 25.2 Å². The Hall–Kier alpha value is -1.48. The Bertz CT molecular complexity index is 790. The van der Waals surface area contributed by atoms with Gasteiger partial charge in [-0.1, -0.05) is 13.0 Å². The van der Waals surface area contributed by atoms with Gasteiger partial charge in [0.05, 0.1) is 18.1 Å². The minimum Gasteiger partial charge on any atom is -0.379 e. The second kappa shape index (κ2) is 7.26. The first kappa shape index (κ1) is 19.3. The number of hydrogen-bond acceptors (Lipinski definition) is 5. The summed E-state index contributed by atoms with van der Waals surface area (Å²) in [5.41, 5.74) is 6.98. The highest BCUT2D eigenvalue weighted by Crippen LogP contribution is 2.30. The smallest absolute Gasteiger partial charge is 0.254 e. The molecule has 0 radical (unpaired) electrons. The van der Waals surface area contributed by atoms with Crippen LogP contribution in [-0.2, 0) is 14.8 Å². The Kier molecular flexibility index (Phi) is 5.39. The Morgan fingerprint density at radius 1 is 1.27 bits per heavy atom. The van der Waals surface area contributed by atoms with Crippen LogP contribution in [0.4, 0.5) is 0 Å². The summed E-state index contributed by atoms with van der Waals surface area (Å²) in [5, 5.41) is 0. The number of carbonyl (C=O) groups is 1. The summed E-state index contributed by atoms with van der Waals surface area (Å²) in [4.78, 5) is 14.9. The number of sulfonamides is 1. The lowest BCUT2D eigenvalue weighted by Crippen LogP contribution is -2.40. The normalized spacial score (nSPS) is 24.8. The molecule has 144 valence electrons. The lowest BCUT2D eigenvalue weighted by atomic mass is 9.90. The molecule has 1 aromatic rings. The van der Waals surface area contributed by atoms with Crippen LogP contribution in [0.3, 0.4) is 0 Å². The van der Waals surface area contributed by atoms with Gasteiger partial charge in [-0.05, 0) is 43.0 Å². The molecule has 7 nitrogen and oxygen atoms in total. The van der Waals surface area contributed by atoms with E-state index in [1.54, 1.807) is 17.0 Å². The average molecular weight is 381 g/mol. The molecule has 0 spiro atoms. The molecule has 8 heteroatoms. The number of hydrogen-bond donors (Lipinski definition) is 1. The fourth-order valence-corrected chi connectivity index (χ4v) is 4.90. The third-order valence-corrected chi connectivity index (χ3v) is 7.28. The molecule has 1 aromatic carbocycles. The fraction of sp³-hybridized carbons (Fsp3) is 0.611. The van der Waals surface area contributed by atoms with Crippen LogP contribution in [0.2, 0.25) is 0 Å². The maximum absolute atomic E-state index is 13.0. The van der Waals surface area contributed by atoms with Crippen molar-refractivity contribution in [2.75, 3.05) is 45.9 Å². The minimum atomic E-state index is -3.62. The van der Waals surface area contributed by atoms with Gasteiger partial charge in [-0.2, -0.15) is 4.31 Å². The molecule has 1 amide bonds. The average Bonchev–Trinajstić information content (AvgIpc) is 3.05. The number of rotatable bonds is 4. The third kappa shape index (κ3) is 3.64. The van der Waals surface area contributed by atoms with E-state index in [-0.39, 0.29) is 16.2 Å². The van der Waals surface area contributed by atoms with Gasteiger partial charge in [0.15, 0.2) is 0 Å². The van der Waals surface area contributed by atoms with Gasteiger partial charge in [0.2, 0.25) is 10.0 Å². The van der Waals surface area contributed by atoms with Crippen LogP contribution in [0.25, 0.3) is 0 Å². The van der Waals surface area contributed by atoms with Crippen molar-refractivity contribution in [1.82, 2.24) is 9.21 Å². The van der Waals surface area contributed by atoms with Crippen molar-refractivity contribution in [1.29, 1.82) is 0 Å². The number of morpholine rings is 1. The van der Waals surface area contributed by atoms with Crippen LogP contribution in [0.5, 0.6) is 0 Å². The van der Waals surface area contributed by atoms with Crippen molar-refractivity contribution in [3.05, 3.63) is 29.3 Å². The van der Waals surface area contributed by atoms with Gasteiger partial charge in [-0.3, -0.25) is 4.79 Å². The van der Waals surface area contributed by atoms with E-state index in [4.69, 9.17) is 10.5 Å². The highest BCUT2D eigenvalue weighted by Gasteiger charge is 2.36. The van der Waals surface area contributed by atoms with Crippen molar-refractivity contribution >= 4 is 15.9 Å². The van der Waals surface area contributed by atoms with Crippen LogP contribution in [-0.4, -0.2) is 69.5 Å². The topological polar surface area (TPSA) is 92.9 Å². The summed E-state index contributed by atoms with van der Waals surface area (Å²) in [6.07, 6.45) is 0.861.